The molecule has 0 aromatic carbocycles. The first kappa shape index (κ1) is 16.1. The average molecular weight is 329 g/mol. The van der Waals surface area contributed by atoms with Crippen LogP contribution >= 0.6 is 0 Å². The Balaban J connectivity index is 1.90. The van der Waals surface area contributed by atoms with Crippen LogP contribution in [-0.2, 0) is 6.54 Å². The molecule has 0 radical (unpaired) electrons. The Morgan fingerprint density at radius 2 is 1.96 bits per heavy atom. The second-order valence-electron chi connectivity index (χ2n) is 5.82. The van der Waals surface area contributed by atoms with Crippen molar-refractivity contribution < 1.29 is 4.79 Å². The summed E-state index contributed by atoms with van der Waals surface area (Å²) in [5.74, 6) is -0.348. The topological polar surface area (TPSA) is 91.3 Å². The van der Waals surface area contributed by atoms with Crippen LogP contribution in [0.4, 0.5) is 0 Å². The minimum atomic E-state index is -0.590. The van der Waals surface area contributed by atoms with Crippen molar-refractivity contribution in [1.29, 1.82) is 0 Å². The van der Waals surface area contributed by atoms with Crippen molar-refractivity contribution in [3.05, 3.63) is 62.7 Å². The highest BCUT2D eigenvalue weighted by molar-refractivity contribution is 5.93. The highest BCUT2D eigenvalue weighted by Crippen LogP contribution is 2.04. The van der Waals surface area contributed by atoms with E-state index < -0.39 is 11.2 Å². The minimum absolute atomic E-state index is 0.0184. The number of aromatic amines is 1. The smallest absolute Gasteiger partial charge is 0.328 e. The number of nitrogens with zero attached hydrogens (tertiary/aromatic N) is 4. The molecular formula is C16H19N5O3. The van der Waals surface area contributed by atoms with Crippen molar-refractivity contribution in [2.75, 3.05) is 33.2 Å². The predicted octanol–water partition coefficient (Wildman–Crippen LogP) is -0.632. The second-order valence-corrected chi connectivity index (χ2v) is 5.82. The van der Waals surface area contributed by atoms with Gasteiger partial charge in [0.05, 0.1) is 12.2 Å². The number of hydrogen-bond donors (Lipinski definition) is 1. The van der Waals surface area contributed by atoms with E-state index in [0.717, 1.165) is 17.7 Å². The van der Waals surface area contributed by atoms with E-state index in [0.29, 0.717) is 18.8 Å². The quantitative estimate of drug-likeness (QED) is 0.809. The fraction of sp³-hybridized carbons (Fsp3) is 0.375. The summed E-state index contributed by atoms with van der Waals surface area (Å²) >= 11 is 0. The number of amides is 1. The van der Waals surface area contributed by atoms with Crippen molar-refractivity contribution in [3.8, 4) is 0 Å². The SMILES string of the molecule is CN1CCN(C(=O)c2c[nH]c(=O)n(Cc3ccccn3)c2=O)CC1. The van der Waals surface area contributed by atoms with Crippen LogP contribution in [0.5, 0.6) is 0 Å². The Hall–Kier alpha value is -2.74. The molecule has 0 aliphatic carbocycles. The van der Waals surface area contributed by atoms with Gasteiger partial charge >= 0.3 is 5.69 Å². The van der Waals surface area contributed by atoms with Gasteiger partial charge in [-0.1, -0.05) is 6.07 Å². The van der Waals surface area contributed by atoms with Crippen molar-refractivity contribution in [2.24, 2.45) is 0 Å². The lowest BCUT2D eigenvalue weighted by Crippen LogP contribution is -2.49. The molecule has 8 nitrogen and oxygen atoms in total. The van der Waals surface area contributed by atoms with Crippen LogP contribution in [0.25, 0.3) is 0 Å². The lowest BCUT2D eigenvalue weighted by molar-refractivity contribution is 0.0661. The second kappa shape index (κ2) is 6.79. The van der Waals surface area contributed by atoms with Gasteiger partial charge in [0.15, 0.2) is 0 Å². The van der Waals surface area contributed by atoms with E-state index in [4.69, 9.17) is 0 Å². The normalized spacial score (nSPS) is 15.5. The standard InChI is InChI=1S/C16H19N5O3/c1-19-6-8-20(9-7-19)14(22)13-10-18-16(24)21(15(13)23)11-12-4-2-3-5-17-12/h2-5,10H,6-9,11H2,1H3,(H,18,24). The van der Waals surface area contributed by atoms with Crippen LogP contribution < -0.4 is 11.2 Å². The van der Waals surface area contributed by atoms with Gasteiger partial charge in [0, 0.05) is 38.6 Å². The third kappa shape index (κ3) is 3.28. The molecule has 1 aliphatic rings. The summed E-state index contributed by atoms with van der Waals surface area (Å²) in [5.41, 5.74) is -0.585. The fourth-order valence-electron chi connectivity index (χ4n) is 2.64. The maximum absolute atomic E-state index is 12.6. The van der Waals surface area contributed by atoms with E-state index in [1.54, 1.807) is 29.3 Å². The molecule has 24 heavy (non-hydrogen) atoms. The summed E-state index contributed by atoms with van der Waals surface area (Å²) in [6, 6.07) is 5.26. The number of pyridine rings is 1. The molecule has 1 saturated heterocycles. The van der Waals surface area contributed by atoms with E-state index in [2.05, 4.69) is 14.9 Å². The first-order chi connectivity index (χ1) is 11.6. The largest absolute Gasteiger partial charge is 0.336 e. The average Bonchev–Trinajstić information content (AvgIpc) is 2.60. The third-order valence-electron chi connectivity index (χ3n) is 4.13. The molecule has 1 aliphatic heterocycles. The molecule has 0 saturated carbocycles. The Bertz CT molecular complexity index is 835. The maximum atomic E-state index is 12.6. The van der Waals surface area contributed by atoms with E-state index in [9.17, 15) is 14.4 Å². The van der Waals surface area contributed by atoms with Gasteiger partial charge in [0.25, 0.3) is 11.5 Å². The number of nitrogens with one attached hydrogen (secondary N) is 1. The molecular weight excluding hydrogens is 310 g/mol. The number of aromatic nitrogens is 3. The number of carbonyl (C=O) groups is 1. The zero-order chi connectivity index (χ0) is 17.1. The zero-order valence-corrected chi connectivity index (χ0v) is 13.4. The minimum Gasteiger partial charge on any atom is -0.336 e. The summed E-state index contributed by atoms with van der Waals surface area (Å²) in [6.07, 6.45) is 2.80. The first-order valence-corrected chi connectivity index (χ1v) is 7.76. The summed E-state index contributed by atoms with van der Waals surface area (Å²) in [6.45, 7) is 2.68. The number of carbonyl (C=O) groups excluding carboxylic acids is 1. The molecule has 0 atom stereocenters. The highest BCUT2D eigenvalue weighted by atomic mass is 16.2. The zero-order valence-electron chi connectivity index (χ0n) is 13.4. The van der Waals surface area contributed by atoms with Crippen molar-refractivity contribution in [2.45, 2.75) is 6.54 Å². The summed E-state index contributed by atoms with van der Waals surface area (Å²) in [5, 5.41) is 0. The van der Waals surface area contributed by atoms with Crippen LogP contribution in [0.1, 0.15) is 16.1 Å². The van der Waals surface area contributed by atoms with Crippen LogP contribution in [0.2, 0.25) is 0 Å². The summed E-state index contributed by atoms with van der Waals surface area (Å²) in [7, 11) is 1.99. The van der Waals surface area contributed by atoms with E-state index in [1.807, 2.05) is 7.05 Å². The summed E-state index contributed by atoms with van der Waals surface area (Å²) < 4.78 is 1.01. The lowest BCUT2D eigenvalue weighted by Gasteiger charge is -2.32. The predicted molar refractivity (Wildman–Crippen MR) is 88.1 cm³/mol. The van der Waals surface area contributed by atoms with E-state index in [-0.39, 0.29) is 18.0 Å². The van der Waals surface area contributed by atoms with Crippen LogP contribution in [0.3, 0.4) is 0 Å². The highest BCUT2D eigenvalue weighted by Gasteiger charge is 2.23. The van der Waals surface area contributed by atoms with Crippen molar-refractivity contribution >= 4 is 5.91 Å². The fourth-order valence-corrected chi connectivity index (χ4v) is 2.64. The number of piperazine rings is 1. The van der Waals surface area contributed by atoms with Gasteiger partial charge in [-0.15, -0.1) is 0 Å². The Morgan fingerprint density at radius 3 is 2.62 bits per heavy atom. The molecule has 1 N–H and O–H groups in total. The molecule has 1 amide bonds. The molecule has 3 rings (SSSR count). The molecule has 8 heteroatoms. The number of rotatable bonds is 3. The van der Waals surface area contributed by atoms with Crippen molar-refractivity contribution in [3.63, 3.8) is 0 Å². The van der Waals surface area contributed by atoms with Crippen LogP contribution in [0.15, 0.2) is 40.2 Å². The number of H-pyrrole nitrogens is 1. The van der Waals surface area contributed by atoms with Crippen LogP contribution in [-0.4, -0.2) is 63.5 Å². The molecule has 126 valence electrons. The molecule has 0 spiro atoms. The van der Waals surface area contributed by atoms with Crippen LogP contribution in [0, 0.1) is 0 Å². The van der Waals surface area contributed by atoms with Crippen molar-refractivity contribution in [1.82, 2.24) is 24.3 Å². The Labute approximate surface area is 138 Å². The van der Waals surface area contributed by atoms with Gasteiger partial charge in [-0.3, -0.25) is 19.1 Å². The van der Waals surface area contributed by atoms with Gasteiger partial charge in [0.2, 0.25) is 0 Å². The molecule has 0 unspecified atom stereocenters. The molecule has 2 aromatic rings. The van der Waals surface area contributed by atoms with E-state index in [1.165, 1.54) is 6.20 Å². The van der Waals surface area contributed by atoms with Gasteiger partial charge in [-0.25, -0.2) is 4.79 Å². The summed E-state index contributed by atoms with van der Waals surface area (Å²) in [4.78, 5) is 47.5. The van der Waals surface area contributed by atoms with Gasteiger partial charge in [-0.05, 0) is 19.2 Å². The van der Waals surface area contributed by atoms with E-state index >= 15 is 0 Å². The Morgan fingerprint density at radius 1 is 1.21 bits per heavy atom. The number of likely N-dealkylation sites (N-methyl/N-ethyl adjacent to an activating group) is 1. The first-order valence-electron chi connectivity index (χ1n) is 7.76. The maximum Gasteiger partial charge on any atom is 0.328 e. The van der Waals surface area contributed by atoms with Gasteiger partial charge < -0.3 is 14.8 Å². The molecule has 1 fully saturated rings. The molecule has 3 heterocycles. The number of hydrogen-bond acceptors (Lipinski definition) is 5. The Kier molecular flexibility index (Phi) is 4.57. The third-order valence-corrected chi connectivity index (χ3v) is 4.13. The lowest BCUT2D eigenvalue weighted by atomic mass is 10.2. The van der Waals surface area contributed by atoms with Gasteiger partial charge in [0.1, 0.15) is 5.56 Å². The van der Waals surface area contributed by atoms with Gasteiger partial charge in [-0.2, -0.15) is 0 Å². The monoisotopic (exact) mass is 329 g/mol. The molecule has 2 aromatic heterocycles. The molecule has 0 bridgehead atoms.